The highest BCUT2D eigenvalue weighted by atomic mass is 79.9. The molecular weight excluding hydrogens is 371 g/mol. The number of carbonyl (C=O) groups is 1. The minimum atomic E-state index is -0.631. The Morgan fingerprint density at radius 2 is 1.96 bits per heavy atom. The number of rotatable bonds is 3. The number of ketones is 1. The molecule has 0 unspecified atom stereocenters. The van der Waals surface area contributed by atoms with Crippen molar-refractivity contribution in [2.75, 3.05) is 0 Å². The van der Waals surface area contributed by atoms with Crippen LogP contribution in [0, 0.1) is 5.82 Å². The van der Waals surface area contributed by atoms with Gasteiger partial charge in [0.25, 0.3) is 5.56 Å². The molecule has 0 atom stereocenters. The van der Waals surface area contributed by atoms with Crippen molar-refractivity contribution in [2.45, 2.75) is 6.54 Å². The van der Waals surface area contributed by atoms with Crippen LogP contribution in [0.25, 0.3) is 11.2 Å². The number of carbonyl (C=O) groups excluding carboxylic acids is 1. The third-order valence-corrected chi connectivity index (χ3v) is 4.03. The summed E-state index contributed by atoms with van der Waals surface area (Å²) in [6, 6.07) is 5.10. The Kier molecular flexibility index (Phi) is 3.72. The normalized spacial score (nSPS) is 11.1. The van der Waals surface area contributed by atoms with Crippen LogP contribution < -0.4 is 11.2 Å². The highest BCUT2D eigenvalue weighted by molar-refractivity contribution is 9.10. The van der Waals surface area contributed by atoms with Crippen LogP contribution >= 0.6 is 15.9 Å². The summed E-state index contributed by atoms with van der Waals surface area (Å²) < 4.78 is 15.7. The first-order valence-corrected chi connectivity index (χ1v) is 7.31. The summed E-state index contributed by atoms with van der Waals surface area (Å²) in [4.78, 5) is 42.2. The lowest BCUT2D eigenvalue weighted by atomic mass is 10.1. The van der Waals surface area contributed by atoms with E-state index in [1.807, 2.05) is 0 Å². The lowest BCUT2D eigenvalue weighted by Gasteiger charge is -2.05. The van der Waals surface area contributed by atoms with Gasteiger partial charge in [0.2, 0.25) is 0 Å². The van der Waals surface area contributed by atoms with E-state index in [1.54, 1.807) is 0 Å². The summed E-state index contributed by atoms with van der Waals surface area (Å²) in [7, 11) is 1.46. The van der Waals surface area contributed by atoms with Gasteiger partial charge in [-0.25, -0.2) is 14.2 Å². The van der Waals surface area contributed by atoms with Gasteiger partial charge in [-0.2, -0.15) is 0 Å². The van der Waals surface area contributed by atoms with Gasteiger partial charge in [-0.15, -0.1) is 0 Å². The fraction of sp³-hybridized carbons (Fsp3) is 0.143. The highest BCUT2D eigenvalue weighted by Gasteiger charge is 2.18. The van der Waals surface area contributed by atoms with Crippen molar-refractivity contribution >= 4 is 32.9 Å². The molecule has 0 aliphatic carbocycles. The second-order valence-corrected chi connectivity index (χ2v) is 5.60. The molecule has 3 rings (SSSR count). The Morgan fingerprint density at radius 3 is 2.61 bits per heavy atom. The topological polar surface area (TPSA) is 89.8 Å². The largest absolute Gasteiger partial charge is 0.329 e. The van der Waals surface area contributed by atoms with Gasteiger partial charge < -0.3 is 4.57 Å². The molecule has 0 radical (unpaired) electrons. The van der Waals surface area contributed by atoms with Crippen molar-refractivity contribution in [3.63, 3.8) is 0 Å². The van der Waals surface area contributed by atoms with Gasteiger partial charge >= 0.3 is 5.69 Å². The van der Waals surface area contributed by atoms with E-state index < -0.39 is 17.1 Å². The Hall–Kier alpha value is -2.55. The van der Waals surface area contributed by atoms with E-state index >= 15 is 0 Å². The minimum absolute atomic E-state index is 0.106. The maximum Gasteiger partial charge on any atom is 0.329 e. The number of nitrogens with one attached hydrogen (secondary N) is 1. The van der Waals surface area contributed by atoms with Crippen molar-refractivity contribution in [1.29, 1.82) is 0 Å². The van der Waals surface area contributed by atoms with E-state index in [0.717, 1.165) is 0 Å². The molecule has 0 spiro atoms. The molecule has 0 aliphatic heterocycles. The molecule has 0 bridgehead atoms. The van der Waals surface area contributed by atoms with Crippen LogP contribution in [0.3, 0.4) is 0 Å². The molecule has 0 aliphatic rings. The van der Waals surface area contributed by atoms with E-state index in [0.29, 0.717) is 5.56 Å². The standard InChI is InChI=1S/C14H10BrFN4O3/c1-19-11-10(12(22)18-14(19)23)20(13(15)17-11)6-9(21)7-2-4-8(16)5-3-7/h2-5H,6H2,1H3,(H,18,22,23). The zero-order valence-electron chi connectivity index (χ0n) is 11.8. The maximum atomic E-state index is 12.9. The van der Waals surface area contributed by atoms with Gasteiger partial charge in [-0.1, -0.05) is 0 Å². The van der Waals surface area contributed by atoms with Crippen LogP contribution in [0.1, 0.15) is 10.4 Å². The molecule has 0 saturated carbocycles. The smallest absolute Gasteiger partial charge is 0.305 e. The average Bonchev–Trinajstić information content (AvgIpc) is 2.83. The minimum Gasteiger partial charge on any atom is -0.305 e. The number of aromatic amines is 1. The molecule has 2 heterocycles. The molecule has 23 heavy (non-hydrogen) atoms. The molecule has 7 nitrogen and oxygen atoms in total. The number of imidazole rings is 1. The number of halogens is 2. The molecule has 0 amide bonds. The van der Waals surface area contributed by atoms with Gasteiger partial charge in [-0.05, 0) is 40.2 Å². The molecule has 3 aromatic rings. The SMILES string of the molecule is Cn1c(=O)[nH]c(=O)c2c1nc(Br)n2CC(=O)c1ccc(F)cc1. The Morgan fingerprint density at radius 1 is 1.30 bits per heavy atom. The third-order valence-electron chi connectivity index (χ3n) is 3.43. The Balaban J connectivity index is 2.10. The van der Waals surface area contributed by atoms with Crippen molar-refractivity contribution in [3.05, 3.63) is 61.2 Å². The second-order valence-electron chi connectivity index (χ2n) is 4.89. The van der Waals surface area contributed by atoms with Crippen LogP contribution in [-0.2, 0) is 13.6 Å². The van der Waals surface area contributed by atoms with Gasteiger partial charge in [0, 0.05) is 12.6 Å². The molecule has 118 valence electrons. The maximum absolute atomic E-state index is 12.9. The quantitative estimate of drug-likeness (QED) is 0.546. The summed E-state index contributed by atoms with van der Waals surface area (Å²) >= 11 is 3.19. The van der Waals surface area contributed by atoms with E-state index in [-0.39, 0.29) is 28.2 Å². The molecular formula is C14H10BrFN4O3. The van der Waals surface area contributed by atoms with E-state index in [2.05, 4.69) is 25.9 Å². The third kappa shape index (κ3) is 2.63. The number of nitrogens with zero attached hydrogens (tertiary/aromatic N) is 3. The number of benzene rings is 1. The van der Waals surface area contributed by atoms with Crippen LogP contribution in [0.15, 0.2) is 38.6 Å². The van der Waals surface area contributed by atoms with Crippen molar-refractivity contribution in [1.82, 2.24) is 19.1 Å². The van der Waals surface area contributed by atoms with E-state index in [9.17, 15) is 18.8 Å². The number of hydrogen-bond acceptors (Lipinski definition) is 4. The van der Waals surface area contributed by atoms with Gasteiger partial charge in [0.15, 0.2) is 21.7 Å². The predicted molar refractivity (Wildman–Crippen MR) is 84.0 cm³/mol. The summed E-state index contributed by atoms with van der Waals surface area (Å²) in [6.45, 7) is -0.177. The number of Topliss-reactive ketones (excluding diaryl/α,β-unsaturated/α-hetero) is 1. The number of fused-ring (bicyclic) bond motifs is 1. The van der Waals surface area contributed by atoms with Crippen molar-refractivity contribution in [3.8, 4) is 0 Å². The first-order valence-electron chi connectivity index (χ1n) is 6.52. The van der Waals surface area contributed by atoms with Crippen LogP contribution in [-0.4, -0.2) is 24.9 Å². The Labute approximate surface area is 136 Å². The lowest BCUT2D eigenvalue weighted by Crippen LogP contribution is -2.29. The first-order chi connectivity index (χ1) is 10.9. The zero-order valence-corrected chi connectivity index (χ0v) is 13.4. The van der Waals surface area contributed by atoms with Crippen molar-refractivity contribution in [2.24, 2.45) is 7.05 Å². The molecule has 2 aromatic heterocycles. The summed E-state index contributed by atoms with van der Waals surface area (Å²) in [5.41, 5.74) is -0.647. The van der Waals surface area contributed by atoms with E-state index in [1.165, 1.54) is 40.4 Å². The average molecular weight is 381 g/mol. The second kappa shape index (κ2) is 5.58. The fourth-order valence-electron chi connectivity index (χ4n) is 2.22. The molecule has 9 heteroatoms. The fourth-order valence-corrected chi connectivity index (χ4v) is 2.69. The number of aromatic nitrogens is 4. The summed E-state index contributed by atoms with van der Waals surface area (Å²) in [5.74, 6) is -0.763. The summed E-state index contributed by atoms with van der Waals surface area (Å²) in [5, 5.41) is 0. The number of aryl methyl sites for hydroxylation is 1. The monoisotopic (exact) mass is 380 g/mol. The molecule has 1 aromatic carbocycles. The first kappa shape index (κ1) is 15.3. The predicted octanol–water partition coefficient (Wildman–Crippen LogP) is 1.21. The summed E-state index contributed by atoms with van der Waals surface area (Å²) in [6.07, 6.45) is 0. The molecule has 0 saturated heterocycles. The van der Waals surface area contributed by atoms with Crippen LogP contribution in [0.2, 0.25) is 0 Å². The van der Waals surface area contributed by atoms with Gasteiger partial charge in [-0.3, -0.25) is 19.1 Å². The number of hydrogen-bond donors (Lipinski definition) is 1. The zero-order chi connectivity index (χ0) is 16.7. The number of H-pyrrole nitrogens is 1. The lowest BCUT2D eigenvalue weighted by molar-refractivity contribution is 0.0972. The van der Waals surface area contributed by atoms with Crippen molar-refractivity contribution < 1.29 is 9.18 Å². The Bertz CT molecular complexity index is 1030. The van der Waals surface area contributed by atoms with Crippen LogP contribution in [0.5, 0.6) is 0 Å². The molecule has 1 N–H and O–H groups in total. The van der Waals surface area contributed by atoms with E-state index in [4.69, 9.17) is 0 Å². The van der Waals surface area contributed by atoms with Crippen LogP contribution in [0.4, 0.5) is 4.39 Å². The van der Waals surface area contributed by atoms with Gasteiger partial charge in [0.1, 0.15) is 5.82 Å². The molecule has 0 fully saturated rings. The van der Waals surface area contributed by atoms with Gasteiger partial charge in [0.05, 0.1) is 6.54 Å². The highest BCUT2D eigenvalue weighted by Crippen LogP contribution is 2.17.